The molecule has 1 atom stereocenters. The molecule has 0 radical (unpaired) electrons. The first-order valence-electron chi connectivity index (χ1n) is 10.1. The molecule has 0 fully saturated rings. The van der Waals surface area contributed by atoms with Crippen molar-refractivity contribution in [1.29, 1.82) is 0 Å². The topological polar surface area (TPSA) is 101 Å². The van der Waals surface area contributed by atoms with Gasteiger partial charge in [0.15, 0.2) is 5.13 Å². The van der Waals surface area contributed by atoms with E-state index in [1.54, 1.807) is 5.38 Å². The predicted octanol–water partition coefficient (Wildman–Crippen LogP) is 3.62. The molecule has 32 heavy (non-hydrogen) atoms. The molecule has 1 aromatic heterocycles. The monoisotopic (exact) mass is 442 g/mol. The summed E-state index contributed by atoms with van der Waals surface area (Å²) in [4.78, 5) is 43.8. The van der Waals surface area contributed by atoms with Crippen LogP contribution >= 0.6 is 11.3 Å². The van der Waals surface area contributed by atoms with Gasteiger partial charge in [0.05, 0.1) is 18.0 Å². The smallest absolute Gasteiger partial charge is 0.269 e. The minimum Gasteiger partial charge on any atom is -0.326 e. The van der Waals surface area contributed by atoms with Gasteiger partial charge in [0.1, 0.15) is 0 Å². The Balaban J connectivity index is 1.19. The van der Waals surface area contributed by atoms with Gasteiger partial charge in [-0.1, -0.05) is 36.4 Å². The van der Waals surface area contributed by atoms with Crippen molar-refractivity contribution in [3.8, 4) is 11.1 Å². The normalized spacial score (nSPS) is 15.9. The Kier molecular flexibility index (Phi) is 5.20. The third-order valence-corrected chi connectivity index (χ3v) is 6.12. The summed E-state index contributed by atoms with van der Waals surface area (Å²) in [6.07, 6.45) is 5.01. The predicted molar refractivity (Wildman–Crippen MR) is 124 cm³/mol. The van der Waals surface area contributed by atoms with Crippen molar-refractivity contribution in [1.82, 2.24) is 4.98 Å². The van der Waals surface area contributed by atoms with E-state index in [0.29, 0.717) is 10.8 Å². The number of rotatable bonds is 5. The van der Waals surface area contributed by atoms with Crippen molar-refractivity contribution in [2.75, 3.05) is 10.6 Å². The van der Waals surface area contributed by atoms with Crippen LogP contribution < -0.4 is 10.6 Å². The molecule has 1 unspecified atom stereocenters. The number of anilines is 2. The number of dihydropyridines is 1. The minimum atomic E-state index is -0.616. The van der Waals surface area contributed by atoms with Crippen LogP contribution in [0.15, 0.2) is 65.0 Å². The van der Waals surface area contributed by atoms with Gasteiger partial charge in [-0.05, 0) is 40.8 Å². The van der Waals surface area contributed by atoms with E-state index in [2.05, 4.69) is 32.7 Å². The number of carbonyl (C=O) groups excluding carboxylic acids is 3. The van der Waals surface area contributed by atoms with Gasteiger partial charge >= 0.3 is 0 Å². The summed E-state index contributed by atoms with van der Waals surface area (Å²) < 4.78 is 0. The van der Waals surface area contributed by atoms with Crippen LogP contribution in [0.3, 0.4) is 0 Å². The van der Waals surface area contributed by atoms with Crippen LogP contribution in [0.5, 0.6) is 0 Å². The van der Waals surface area contributed by atoms with Gasteiger partial charge < -0.3 is 10.6 Å². The summed E-state index contributed by atoms with van der Waals surface area (Å²) in [6, 6.07) is 14.3. The number of fused-ring (bicyclic) bond motifs is 3. The number of aliphatic imine (C=N–C) groups is 1. The first-order chi connectivity index (χ1) is 15.5. The third-order valence-electron chi connectivity index (χ3n) is 5.31. The summed E-state index contributed by atoms with van der Waals surface area (Å²) >= 11 is 1.24. The van der Waals surface area contributed by atoms with Gasteiger partial charge in [-0.2, -0.15) is 0 Å². The molecule has 8 heteroatoms. The molecule has 2 aliphatic rings. The number of nitrogens with zero attached hydrogens (tertiary/aromatic N) is 2. The molecule has 3 amide bonds. The lowest BCUT2D eigenvalue weighted by Crippen LogP contribution is -2.24. The zero-order valence-corrected chi connectivity index (χ0v) is 17.7. The van der Waals surface area contributed by atoms with Crippen LogP contribution in [-0.4, -0.2) is 28.9 Å². The zero-order chi connectivity index (χ0) is 22.1. The van der Waals surface area contributed by atoms with E-state index in [-0.39, 0.29) is 24.1 Å². The van der Waals surface area contributed by atoms with E-state index in [1.807, 2.05) is 30.3 Å². The molecule has 0 saturated heterocycles. The van der Waals surface area contributed by atoms with Crippen LogP contribution in [0.25, 0.3) is 11.1 Å². The molecular formula is C24H18N4O3S. The van der Waals surface area contributed by atoms with E-state index in [1.165, 1.54) is 52.0 Å². The number of hydrogen-bond donors (Lipinski definition) is 2. The molecule has 2 N–H and O–H groups in total. The number of thiazole rings is 1. The minimum absolute atomic E-state index is 0.100. The first kappa shape index (κ1) is 20.0. The van der Waals surface area contributed by atoms with E-state index < -0.39 is 5.92 Å². The summed E-state index contributed by atoms with van der Waals surface area (Å²) in [5, 5.41) is 7.76. The van der Waals surface area contributed by atoms with Gasteiger partial charge in [0, 0.05) is 23.4 Å². The van der Waals surface area contributed by atoms with Crippen molar-refractivity contribution in [2.24, 2.45) is 10.9 Å². The second-order valence-electron chi connectivity index (χ2n) is 7.57. The van der Waals surface area contributed by atoms with E-state index in [0.717, 1.165) is 12.1 Å². The number of aromatic nitrogens is 1. The Morgan fingerprint density at radius 1 is 1.06 bits per heavy atom. The Morgan fingerprint density at radius 3 is 2.75 bits per heavy atom. The van der Waals surface area contributed by atoms with Gasteiger partial charge in [-0.3, -0.25) is 14.4 Å². The lowest BCUT2D eigenvalue weighted by Gasteiger charge is -2.08. The van der Waals surface area contributed by atoms with Gasteiger partial charge in [0.25, 0.3) is 5.91 Å². The van der Waals surface area contributed by atoms with E-state index in [9.17, 15) is 14.4 Å². The van der Waals surface area contributed by atoms with Gasteiger partial charge in [-0.15, -0.1) is 11.3 Å². The maximum Gasteiger partial charge on any atom is 0.269 e. The molecule has 0 bridgehead atoms. The average Bonchev–Trinajstić information content (AvgIpc) is 3.37. The first-order valence-corrected chi connectivity index (χ1v) is 11.0. The fourth-order valence-corrected chi connectivity index (χ4v) is 4.53. The van der Waals surface area contributed by atoms with E-state index >= 15 is 0 Å². The Hall–Kier alpha value is -3.91. The second-order valence-corrected chi connectivity index (χ2v) is 8.42. The standard InChI is InChI=1S/C24H18N4O3S/c29-21-8-5-15(12-25-21)23(31)28-24-27-18(13-32-24)11-22(30)26-17-6-7-20-16(10-17)9-14-3-1-2-4-19(14)20/h1-8,10,12-13,15H,9,11H2,(H,26,30)(H,27,28,31). The average molecular weight is 443 g/mol. The molecular weight excluding hydrogens is 424 g/mol. The van der Waals surface area contributed by atoms with Crippen LogP contribution in [0.1, 0.15) is 16.8 Å². The fraction of sp³-hybridized carbons (Fsp3) is 0.125. The Bertz CT molecular complexity index is 1290. The van der Waals surface area contributed by atoms with Crippen LogP contribution in [0.2, 0.25) is 0 Å². The number of hydrogen-bond acceptors (Lipinski definition) is 5. The molecule has 158 valence electrons. The zero-order valence-electron chi connectivity index (χ0n) is 16.9. The largest absolute Gasteiger partial charge is 0.326 e. The highest BCUT2D eigenvalue weighted by Crippen LogP contribution is 2.37. The number of nitrogens with one attached hydrogen (secondary N) is 2. The Labute approximate surface area is 187 Å². The summed E-state index contributed by atoms with van der Waals surface area (Å²) in [6.45, 7) is 0. The quantitative estimate of drug-likeness (QED) is 0.493. The SMILES string of the molecule is O=C1C=CC(C(=O)Nc2nc(CC(=O)Nc3ccc4c(c3)Cc3ccccc3-4)cs2)C=N1. The third kappa shape index (κ3) is 4.13. The summed E-state index contributed by atoms with van der Waals surface area (Å²) in [5.41, 5.74) is 6.27. The molecule has 0 saturated carbocycles. The maximum atomic E-state index is 12.5. The summed E-state index contributed by atoms with van der Waals surface area (Å²) in [7, 11) is 0. The van der Waals surface area contributed by atoms with Crippen LogP contribution in [0, 0.1) is 5.92 Å². The van der Waals surface area contributed by atoms with Crippen molar-refractivity contribution >= 4 is 46.1 Å². The van der Waals surface area contributed by atoms with Gasteiger partial charge in [-0.25, -0.2) is 9.98 Å². The number of carbonyl (C=O) groups is 3. The molecule has 3 aromatic rings. The number of benzene rings is 2. The summed E-state index contributed by atoms with van der Waals surface area (Å²) in [5.74, 6) is -1.51. The lowest BCUT2D eigenvalue weighted by atomic mass is 10.1. The molecule has 2 heterocycles. The van der Waals surface area contributed by atoms with Crippen molar-refractivity contribution in [3.63, 3.8) is 0 Å². The van der Waals surface area contributed by atoms with Crippen molar-refractivity contribution in [2.45, 2.75) is 12.8 Å². The molecule has 0 spiro atoms. The fourth-order valence-electron chi connectivity index (χ4n) is 3.81. The van der Waals surface area contributed by atoms with Crippen molar-refractivity contribution < 1.29 is 14.4 Å². The highest BCUT2D eigenvalue weighted by molar-refractivity contribution is 7.14. The molecule has 5 rings (SSSR count). The highest BCUT2D eigenvalue weighted by atomic mass is 32.1. The lowest BCUT2D eigenvalue weighted by molar-refractivity contribution is -0.117. The van der Waals surface area contributed by atoms with Gasteiger partial charge in [0.2, 0.25) is 11.8 Å². The molecule has 2 aromatic carbocycles. The second kappa shape index (κ2) is 8.32. The van der Waals surface area contributed by atoms with E-state index in [4.69, 9.17) is 0 Å². The molecule has 1 aliphatic carbocycles. The van der Waals surface area contributed by atoms with Crippen LogP contribution in [-0.2, 0) is 27.2 Å². The highest BCUT2D eigenvalue weighted by Gasteiger charge is 2.20. The van der Waals surface area contributed by atoms with Crippen LogP contribution in [0.4, 0.5) is 10.8 Å². The molecule has 7 nitrogen and oxygen atoms in total. The maximum absolute atomic E-state index is 12.5. The van der Waals surface area contributed by atoms with Crippen molar-refractivity contribution in [3.05, 3.63) is 76.8 Å². The Morgan fingerprint density at radius 2 is 1.91 bits per heavy atom. The number of amides is 3. The molecule has 1 aliphatic heterocycles.